The van der Waals surface area contributed by atoms with E-state index in [0.29, 0.717) is 6.54 Å². The van der Waals surface area contributed by atoms with E-state index in [1.54, 1.807) is 0 Å². The van der Waals surface area contributed by atoms with Gasteiger partial charge in [0.2, 0.25) is 8.32 Å². The number of hydrogen-bond acceptors (Lipinski definition) is 3. The number of hydrogen-bond donors (Lipinski definition) is 2. The summed E-state index contributed by atoms with van der Waals surface area (Å²) in [6, 6.07) is 8.06. The summed E-state index contributed by atoms with van der Waals surface area (Å²) in [5.74, 6) is 0.933. The summed E-state index contributed by atoms with van der Waals surface area (Å²) in [6.07, 6.45) is 0.814. The van der Waals surface area contributed by atoms with Crippen LogP contribution < -0.4 is 15.9 Å². The molecule has 1 atom stereocenters. The molecule has 0 aliphatic carbocycles. The van der Waals surface area contributed by atoms with Gasteiger partial charge >= 0.3 is 0 Å². The van der Waals surface area contributed by atoms with Crippen LogP contribution in [0.15, 0.2) is 24.3 Å². The van der Waals surface area contributed by atoms with E-state index in [1.807, 2.05) is 24.3 Å². The van der Waals surface area contributed by atoms with Gasteiger partial charge in [0.05, 0.1) is 0 Å². The van der Waals surface area contributed by atoms with Gasteiger partial charge in [-0.15, -0.1) is 12.4 Å². The Hall–Kier alpha value is -0.553. The molecule has 5 heteroatoms. The fourth-order valence-electron chi connectivity index (χ4n) is 1.48. The third-order valence-electron chi connectivity index (χ3n) is 2.21. The first-order chi connectivity index (χ1) is 7.42. The Morgan fingerprint density at radius 1 is 1.18 bits per heavy atom. The molecule has 0 aromatic heterocycles. The molecule has 0 unspecified atom stereocenters. The molecule has 0 aliphatic heterocycles. The Bertz CT molecular complexity index is 324. The van der Waals surface area contributed by atoms with E-state index < -0.39 is 8.32 Å². The Morgan fingerprint density at radius 2 is 1.71 bits per heavy atom. The number of rotatable bonds is 5. The molecule has 0 saturated carbocycles. The topological polar surface area (TPSA) is 61.3 Å². The van der Waals surface area contributed by atoms with Crippen molar-refractivity contribution in [3.63, 3.8) is 0 Å². The van der Waals surface area contributed by atoms with Gasteiger partial charge < -0.3 is 15.9 Å². The van der Waals surface area contributed by atoms with Gasteiger partial charge in [0.25, 0.3) is 0 Å². The predicted octanol–water partition coefficient (Wildman–Crippen LogP) is 2.67. The molecule has 3 nitrogen and oxygen atoms in total. The van der Waals surface area contributed by atoms with Gasteiger partial charge in [0.15, 0.2) is 0 Å². The molecule has 0 spiro atoms. The van der Waals surface area contributed by atoms with Crippen LogP contribution in [0.4, 0.5) is 0 Å². The SMILES string of the molecule is C[Si](C)(C)Oc1ccc([C@@H](N)CCN)cc1.Cl. The Kier molecular flexibility index (Phi) is 6.78. The van der Waals surface area contributed by atoms with Crippen molar-refractivity contribution in [2.75, 3.05) is 6.54 Å². The second kappa shape index (κ2) is 7.01. The van der Waals surface area contributed by atoms with Gasteiger partial charge in [-0.2, -0.15) is 0 Å². The second-order valence-corrected chi connectivity index (χ2v) is 9.40. The molecule has 0 fully saturated rings. The molecule has 0 aliphatic rings. The third kappa shape index (κ3) is 6.07. The standard InChI is InChI=1S/C12H22N2OSi.ClH/c1-16(2,3)15-11-6-4-10(5-7-11)12(14)8-9-13;/h4-7,12H,8-9,13-14H2,1-3H3;1H/t12-;/m0./s1. The minimum Gasteiger partial charge on any atom is -0.544 e. The van der Waals surface area contributed by atoms with E-state index in [1.165, 1.54) is 0 Å². The van der Waals surface area contributed by atoms with Crippen molar-refractivity contribution in [1.29, 1.82) is 0 Å². The van der Waals surface area contributed by atoms with Gasteiger partial charge in [0.1, 0.15) is 5.75 Å². The van der Waals surface area contributed by atoms with Crippen LogP contribution in [0, 0.1) is 0 Å². The lowest BCUT2D eigenvalue weighted by atomic mass is 10.1. The highest BCUT2D eigenvalue weighted by molar-refractivity contribution is 6.70. The summed E-state index contributed by atoms with van der Waals surface area (Å²) in [4.78, 5) is 0. The zero-order valence-electron chi connectivity index (χ0n) is 10.8. The highest BCUT2D eigenvalue weighted by Crippen LogP contribution is 2.20. The Balaban J connectivity index is 0.00000256. The van der Waals surface area contributed by atoms with Gasteiger partial charge in [-0.1, -0.05) is 12.1 Å². The Labute approximate surface area is 111 Å². The number of nitrogens with two attached hydrogens (primary N) is 2. The van der Waals surface area contributed by atoms with E-state index in [0.717, 1.165) is 17.7 Å². The maximum atomic E-state index is 5.97. The van der Waals surface area contributed by atoms with E-state index in [-0.39, 0.29) is 18.4 Å². The lowest BCUT2D eigenvalue weighted by molar-refractivity contribution is 0.556. The monoisotopic (exact) mass is 274 g/mol. The van der Waals surface area contributed by atoms with Crippen molar-refractivity contribution >= 4 is 20.7 Å². The molecule has 17 heavy (non-hydrogen) atoms. The summed E-state index contributed by atoms with van der Waals surface area (Å²) in [7, 11) is -1.51. The molecule has 0 amide bonds. The molecule has 98 valence electrons. The molecule has 0 bridgehead atoms. The summed E-state index contributed by atoms with van der Waals surface area (Å²) < 4.78 is 5.87. The van der Waals surface area contributed by atoms with Gasteiger partial charge in [0, 0.05) is 6.04 Å². The van der Waals surface area contributed by atoms with Crippen LogP contribution in [0.25, 0.3) is 0 Å². The van der Waals surface area contributed by atoms with E-state index in [2.05, 4.69) is 19.6 Å². The summed E-state index contributed by atoms with van der Waals surface area (Å²) in [5, 5.41) is 0. The van der Waals surface area contributed by atoms with Crippen LogP contribution in [-0.2, 0) is 0 Å². The first kappa shape index (κ1) is 16.4. The summed E-state index contributed by atoms with van der Waals surface area (Å²) >= 11 is 0. The van der Waals surface area contributed by atoms with Gasteiger partial charge in [-0.05, 0) is 50.3 Å². The maximum absolute atomic E-state index is 5.97. The number of benzene rings is 1. The van der Waals surface area contributed by atoms with Crippen LogP contribution in [-0.4, -0.2) is 14.9 Å². The molecule has 0 heterocycles. The van der Waals surface area contributed by atoms with Crippen LogP contribution in [0.2, 0.25) is 19.6 Å². The smallest absolute Gasteiger partial charge is 0.242 e. The minimum atomic E-state index is -1.51. The van der Waals surface area contributed by atoms with E-state index in [9.17, 15) is 0 Å². The lowest BCUT2D eigenvalue weighted by Gasteiger charge is -2.19. The van der Waals surface area contributed by atoms with Crippen LogP contribution >= 0.6 is 12.4 Å². The fraction of sp³-hybridized carbons (Fsp3) is 0.500. The van der Waals surface area contributed by atoms with E-state index in [4.69, 9.17) is 15.9 Å². The molecule has 4 N–H and O–H groups in total. The Morgan fingerprint density at radius 3 is 2.12 bits per heavy atom. The number of halogens is 1. The van der Waals surface area contributed by atoms with Crippen LogP contribution in [0.1, 0.15) is 18.0 Å². The van der Waals surface area contributed by atoms with Crippen molar-refractivity contribution in [1.82, 2.24) is 0 Å². The molecule has 1 aromatic carbocycles. The average molecular weight is 275 g/mol. The van der Waals surface area contributed by atoms with Crippen LogP contribution in [0.3, 0.4) is 0 Å². The molecule has 0 saturated heterocycles. The summed E-state index contributed by atoms with van der Waals surface area (Å²) in [5.41, 5.74) is 12.6. The van der Waals surface area contributed by atoms with Crippen molar-refractivity contribution < 1.29 is 4.43 Å². The molecule has 1 rings (SSSR count). The molecular formula is C12H23ClN2OSi. The van der Waals surface area contributed by atoms with Gasteiger partial charge in [-0.25, -0.2) is 0 Å². The largest absolute Gasteiger partial charge is 0.544 e. The van der Waals surface area contributed by atoms with Crippen molar-refractivity contribution in [3.05, 3.63) is 29.8 Å². The highest BCUT2D eigenvalue weighted by Gasteiger charge is 2.16. The molecular weight excluding hydrogens is 252 g/mol. The first-order valence-electron chi connectivity index (χ1n) is 5.67. The maximum Gasteiger partial charge on any atom is 0.242 e. The predicted molar refractivity (Wildman–Crippen MR) is 78.3 cm³/mol. The zero-order valence-corrected chi connectivity index (χ0v) is 12.6. The fourth-order valence-corrected chi connectivity index (χ4v) is 2.33. The molecule has 1 aromatic rings. The summed E-state index contributed by atoms with van der Waals surface area (Å²) in [6.45, 7) is 7.12. The van der Waals surface area contributed by atoms with E-state index >= 15 is 0 Å². The quantitative estimate of drug-likeness (QED) is 0.812. The second-order valence-electron chi connectivity index (χ2n) is 4.97. The molecule has 0 radical (unpaired) electrons. The highest BCUT2D eigenvalue weighted by atomic mass is 35.5. The first-order valence-corrected chi connectivity index (χ1v) is 9.08. The normalized spacial score (nSPS) is 12.8. The minimum absolute atomic E-state index is 0. The third-order valence-corrected chi connectivity index (χ3v) is 3.06. The lowest BCUT2D eigenvalue weighted by Crippen LogP contribution is -2.29. The van der Waals surface area contributed by atoms with Crippen molar-refractivity contribution in [3.8, 4) is 5.75 Å². The van der Waals surface area contributed by atoms with Crippen molar-refractivity contribution in [2.45, 2.75) is 32.1 Å². The van der Waals surface area contributed by atoms with Crippen molar-refractivity contribution in [2.24, 2.45) is 11.5 Å². The van der Waals surface area contributed by atoms with Gasteiger partial charge in [-0.3, -0.25) is 0 Å². The average Bonchev–Trinajstić information content (AvgIpc) is 2.16. The zero-order chi connectivity index (χ0) is 12.2. The van der Waals surface area contributed by atoms with Crippen LogP contribution in [0.5, 0.6) is 5.75 Å².